The van der Waals surface area contributed by atoms with Crippen molar-refractivity contribution in [2.24, 2.45) is 0 Å². The van der Waals surface area contributed by atoms with Crippen molar-refractivity contribution in [2.45, 2.75) is 6.54 Å². The van der Waals surface area contributed by atoms with Gasteiger partial charge in [-0.3, -0.25) is 4.72 Å². The van der Waals surface area contributed by atoms with Gasteiger partial charge in [0.15, 0.2) is 0 Å². The van der Waals surface area contributed by atoms with Crippen molar-refractivity contribution in [3.63, 3.8) is 0 Å². The Balaban J connectivity index is 2.00. The Bertz CT molecular complexity index is 710. The van der Waals surface area contributed by atoms with E-state index in [4.69, 9.17) is 0 Å². The molecule has 21 heavy (non-hydrogen) atoms. The van der Waals surface area contributed by atoms with Gasteiger partial charge < -0.3 is 10.4 Å². The molecule has 7 heteroatoms. The number of halogens is 1. The minimum atomic E-state index is -3.29. The minimum Gasteiger partial charge on any atom is -0.508 e. The van der Waals surface area contributed by atoms with Crippen LogP contribution in [0.1, 0.15) is 5.56 Å². The van der Waals surface area contributed by atoms with Crippen LogP contribution in [0, 0.1) is 5.82 Å². The van der Waals surface area contributed by atoms with Crippen molar-refractivity contribution in [3.05, 3.63) is 53.8 Å². The second-order valence-corrected chi connectivity index (χ2v) is 6.37. The van der Waals surface area contributed by atoms with Gasteiger partial charge in [0.25, 0.3) is 0 Å². The Hall–Kier alpha value is -2.28. The first-order valence-corrected chi connectivity index (χ1v) is 8.01. The molecule has 0 aromatic heterocycles. The lowest BCUT2D eigenvalue weighted by molar-refractivity contribution is 0.468. The maximum Gasteiger partial charge on any atom is 0.229 e. The molecule has 0 saturated heterocycles. The summed E-state index contributed by atoms with van der Waals surface area (Å²) in [6, 6.07) is 10.5. The first kappa shape index (κ1) is 15.1. The molecule has 0 unspecified atom stereocenters. The number of phenolic OH excluding ortho intramolecular Hbond substituents is 1. The molecule has 0 aliphatic heterocycles. The van der Waals surface area contributed by atoms with E-state index < -0.39 is 15.8 Å². The fourth-order valence-electron chi connectivity index (χ4n) is 1.81. The van der Waals surface area contributed by atoms with Gasteiger partial charge >= 0.3 is 0 Å². The standard InChI is InChI=1S/C14H15FN2O3S/c1-21(19,20)17-13-4-2-12(3-5-13)16-9-10-6-11(15)8-14(18)7-10/h2-8,16-18H,9H2,1H3. The summed E-state index contributed by atoms with van der Waals surface area (Å²) in [5.41, 5.74) is 1.81. The van der Waals surface area contributed by atoms with Crippen LogP contribution in [0.25, 0.3) is 0 Å². The summed E-state index contributed by atoms with van der Waals surface area (Å²) in [5.74, 6) is -0.626. The SMILES string of the molecule is CS(=O)(=O)Nc1ccc(NCc2cc(O)cc(F)c2)cc1. The molecule has 0 spiro atoms. The molecule has 0 atom stereocenters. The van der Waals surface area contributed by atoms with Crippen LogP contribution >= 0.6 is 0 Å². The molecule has 2 aromatic carbocycles. The summed E-state index contributed by atoms with van der Waals surface area (Å²) in [6.07, 6.45) is 1.08. The largest absolute Gasteiger partial charge is 0.508 e. The van der Waals surface area contributed by atoms with E-state index in [9.17, 15) is 17.9 Å². The summed E-state index contributed by atoms with van der Waals surface area (Å²) < 4.78 is 37.6. The van der Waals surface area contributed by atoms with Crippen LogP contribution in [0.2, 0.25) is 0 Å². The monoisotopic (exact) mass is 310 g/mol. The summed E-state index contributed by atoms with van der Waals surface area (Å²) in [7, 11) is -3.29. The predicted octanol–water partition coefficient (Wildman–Crippen LogP) is 2.51. The van der Waals surface area contributed by atoms with Gasteiger partial charge in [-0.25, -0.2) is 12.8 Å². The van der Waals surface area contributed by atoms with Crippen molar-refractivity contribution in [1.29, 1.82) is 0 Å². The van der Waals surface area contributed by atoms with Gasteiger partial charge in [0.05, 0.1) is 6.26 Å². The quantitative estimate of drug-likeness (QED) is 0.793. The Morgan fingerprint density at radius 2 is 1.71 bits per heavy atom. The van der Waals surface area contributed by atoms with E-state index in [-0.39, 0.29) is 5.75 Å². The van der Waals surface area contributed by atoms with E-state index in [2.05, 4.69) is 10.0 Å². The maximum atomic E-state index is 13.1. The number of nitrogens with one attached hydrogen (secondary N) is 2. The number of anilines is 2. The van der Waals surface area contributed by atoms with Crippen molar-refractivity contribution < 1.29 is 17.9 Å². The van der Waals surface area contributed by atoms with Crippen LogP contribution in [-0.4, -0.2) is 19.8 Å². The number of aromatic hydroxyl groups is 1. The molecular weight excluding hydrogens is 295 g/mol. The van der Waals surface area contributed by atoms with E-state index >= 15 is 0 Å². The lowest BCUT2D eigenvalue weighted by Crippen LogP contribution is -2.09. The summed E-state index contributed by atoms with van der Waals surface area (Å²) in [5, 5.41) is 12.4. The molecule has 0 amide bonds. The molecule has 112 valence electrons. The van der Waals surface area contributed by atoms with Crippen molar-refractivity contribution in [3.8, 4) is 5.75 Å². The third-order valence-corrected chi connectivity index (χ3v) is 3.23. The molecule has 0 aliphatic rings. The highest BCUT2D eigenvalue weighted by Crippen LogP contribution is 2.18. The van der Waals surface area contributed by atoms with Crippen LogP contribution in [0.15, 0.2) is 42.5 Å². The molecular formula is C14H15FN2O3S. The average molecular weight is 310 g/mol. The zero-order valence-corrected chi connectivity index (χ0v) is 12.1. The zero-order valence-electron chi connectivity index (χ0n) is 11.3. The van der Waals surface area contributed by atoms with Gasteiger partial charge in [-0.1, -0.05) is 0 Å². The average Bonchev–Trinajstić information content (AvgIpc) is 2.35. The van der Waals surface area contributed by atoms with E-state index in [1.54, 1.807) is 24.3 Å². The Morgan fingerprint density at radius 3 is 2.29 bits per heavy atom. The molecule has 3 N–H and O–H groups in total. The van der Waals surface area contributed by atoms with E-state index in [0.29, 0.717) is 17.8 Å². The highest BCUT2D eigenvalue weighted by Gasteiger charge is 2.02. The highest BCUT2D eigenvalue weighted by atomic mass is 32.2. The number of rotatable bonds is 5. The second kappa shape index (κ2) is 6.01. The number of hydrogen-bond donors (Lipinski definition) is 3. The van der Waals surface area contributed by atoms with Crippen molar-refractivity contribution in [2.75, 3.05) is 16.3 Å². The lowest BCUT2D eigenvalue weighted by Gasteiger charge is -2.09. The molecule has 0 heterocycles. The first-order chi connectivity index (χ1) is 9.82. The number of benzene rings is 2. The Kier molecular flexibility index (Phi) is 4.32. The fraction of sp³-hybridized carbons (Fsp3) is 0.143. The number of phenols is 1. The Morgan fingerprint density at radius 1 is 1.10 bits per heavy atom. The minimum absolute atomic E-state index is 0.125. The molecule has 2 aromatic rings. The van der Waals surface area contributed by atoms with Gasteiger partial charge in [-0.05, 0) is 42.0 Å². The van der Waals surface area contributed by atoms with Crippen molar-refractivity contribution >= 4 is 21.4 Å². The molecule has 5 nitrogen and oxygen atoms in total. The summed E-state index contributed by atoms with van der Waals surface area (Å²) in [6.45, 7) is 0.337. The normalized spacial score (nSPS) is 11.1. The third-order valence-electron chi connectivity index (χ3n) is 2.63. The smallest absolute Gasteiger partial charge is 0.229 e. The molecule has 2 rings (SSSR count). The molecule has 0 aliphatic carbocycles. The van der Waals surface area contributed by atoms with Gasteiger partial charge in [-0.2, -0.15) is 0 Å². The number of sulfonamides is 1. The van der Waals surface area contributed by atoms with Crippen LogP contribution in [0.5, 0.6) is 5.75 Å². The van der Waals surface area contributed by atoms with E-state index in [0.717, 1.165) is 18.0 Å². The van der Waals surface area contributed by atoms with Crippen LogP contribution in [0.3, 0.4) is 0 Å². The topological polar surface area (TPSA) is 78.4 Å². The maximum absolute atomic E-state index is 13.1. The highest BCUT2D eigenvalue weighted by molar-refractivity contribution is 7.92. The summed E-state index contributed by atoms with van der Waals surface area (Å²) in [4.78, 5) is 0. The second-order valence-electron chi connectivity index (χ2n) is 4.62. The lowest BCUT2D eigenvalue weighted by atomic mass is 10.2. The van der Waals surface area contributed by atoms with Crippen molar-refractivity contribution in [1.82, 2.24) is 0 Å². The molecule has 0 bridgehead atoms. The first-order valence-electron chi connectivity index (χ1n) is 6.12. The van der Waals surface area contributed by atoms with Gasteiger partial charge in [0.1, 0.15) is 11.6 Å². The third kappa shape index (κ3) is 4.96. The molecule has 0 fully saturated rings. The van der Waals surface area contributed by atoms with E-state index in [1.165, 1.54) is 12.1 Å². The molecule has 0 radical (unpaired) electrons. The van der Waals surface area contributed by atoms with Crippen LogP contribution in [-0.2, 0) is 16.6 Å². The predicted molar refractivity (Wildman–Crippen MR) is 80.3 cm³/mol. The Labute approximate surface area is 122 Å². The van der Waals surface area contributed by atoms with Gasteiger partial charge in [0.2, 0.25) is 10.0 Å². The van der Waals surface area contributed by atoms with E-state index in [1.807, 2.05) is 0 Å². The summed E-state index contributed by atoms with van der Waals surface area (Å²) >= 11 is 0. The van der Waals surface area contributed by atoms with Crippen LogP contribution < -0.4 is 10.0 Å². The van der Waals surface area contributed by atoms with Gasteiger partial charge in [0, 0.05) is 24.0 Å². The molecule has 0 saturated carbocycles. The van der Waals surface area contributed by atoms with Crippen LogP contribution in [0.4, 0.5) is 15.8 Å². The fourth-order valence-corrected chi connectivity index (χ4v) is 2.37. The zero-order chi connectivity index (χ0) is 15.5. The number of hydrogen-bond acceptors (Lipinski definition) is 4. The van der Waals surface area contributed by atoms with Gasteiger partial charge in [-0.15, -0.1) is 0 Å².